The Morgan fingerprint density at radius 3 is 2.55 bits per heavy atom. The molecule has 22 heavy (non-hydrogen) atoms. The van der Waals surface area contributed by atoms with E-state index < -0.39 is 6.10 Å². The quantitative estimate of drug-likeness (QED) is 0.881. The van der Waals surface area contributed by atoms with Gasteiger partial charge in [-0.05, 0) is 20.2 Å². The van der Waals surface area contributed by atoms with E-state index in [1.54, 1.807) is 0 Å². The van der Waals surface area contributed by atoms with E-state index in [4.69, 9.17) is 0 Å². The molecule has 1 aliphatic rings. The van der Waals surface area contributed by atoms with E-state index in [2.05, 4.69) is 54.1 Å². The summed E-state index contributed by atoms with van der Waals surface area (Å²) in [5, 5.41) is 10.6. The van der Waals surface area contributed by atoms with Crippen LogP contribution in [0.5, 0.6) is 0 Å². The Morgan fingerprint density at radius 2 is 1.77 bits per heavy atom. The molecular weight excluding hydrogens is 272 g/mol. The predicted molar refractivity (Wildman–Crippen MR) is 92.2 cm³/mol. The van der Waals surface area contributed by atoms with Crippen molar-refractivity contribution in [2.75, 3.05) is 20.6 Å². The number of hydrogen-bond donors (Lipinski definition) is 1. The molecule has 1 N–H and O–H groups in total. The van der Waals surface area contributed by atoms with Crippen LogP contribution >= 0.6 is 0 Å². The van der Waals surface area contributed by atoms with E-state index in [1.807, 2.05) is 24.3 Å². The zero-order chi connectivity index (χ0) is 15.5. The molecule has 1 aliphatic heterocycles. The minimum absolute atomic E-state index is 0.454. The molecule has 3 nitrogen and oxygen atoms in total. The first-order valence-corrected chi connectivity index (χ1v) is 7.79. The van der Waals surface area contributed by atoms with Gasteiger partial charge >= 0.3 is 0 Å². The maximum atomic E-state index is 10.6. The highest BCUT2D eigenvalue weighted by molar-refractivity contribution is 5.75. The number of aliphatic hydroxyl groups excluding tert-OH is 1. The van der Waals surface area contributed by atoms with E-state index >= 15 is 0 Å². The molecule has 1 unspecified atom stereocenters. The number of benzene rings is 2. The molecule has 2 aromatic carbocycles. The van der Waals surface area contributed by atoms with Gasteiger partial charge in [0.2, 0.25) is 11.4 Å². The van der Waals surface area contributed by atoms with E-state index in [0.29, 0.717) is 6.42 Å². The molecule has 0 radical (unpaired) electrons. The second kappa shape index (κ2) is 6.42. The highest BCUT2D eigenvalue weighted by Crippen LogP contribution is 2.36. The lowest BCUT2D eigenvalue weighted by Gasteiger charge is -2.08. The summed E-state index contributed by atoms with van der Waals surface area (Å²) in [4.78, 5) is 2.18. The van der Waals surface area contributed by atoms with Crippen LogP contribution in [0.2, 0.25) is 0 Å². The van der Waals surface area contributed by atoms with Gasteiger partial charge in [0.25, 0.3) is 0 Å². The summed E-state index contributed by atoms with van der Waals surface area (Å²) < 4.78 is 2.24. The monoisotopic (exact) mass is 295 g/mol. The van der Waals surface area contributed by atoms with Crippen molar-refractivity contribution < 1.29 is 5.11 Å². The van der Waals surface area contributed by atoms with Crippen molar-refractivity contribution in [1.29, 1.82) is 0 Å². The SMILES string of the molecule is CN(C)CCC=[N+]1c2ccccc2CC(O)c2ccccc21. The highest BCUT2D eigenvalue weighted by Gasteiger charge is 2.29. The van der Waals surface area contributed by atoms with Crippen molar-refractivity contribution in [3.8, 4) is 0 Å². The third kappa shape index (κ3) is 2.96. The third-order valence-corrected chi connectivity index (χ3v) is 4.11. The first kappa shape index (κ1) is 14.9. The zero-order valence-corrected chi connectivity index (χ0v) is 13.2. The average molecular weight is 295 g/mol. The lowest BCUT2D eigenvalue weighted by molar-refractivity contribution is 0.180. The van der Waals surface area contributed by atoms with E-state index in [1.165, 1.54) is 11.3 Å². The molecule has 3 rings (SSSR count). The smallest absolute Gasteiger partial charge is 0.216 e. The minimum Gasteiger partial charge on any atom is -0.388 e. The third-order valence-electron chi connectivity index (χ3n) is 4.11. The first-order valence-electron chi connectivity index (χ1n) is 7.79. The summed E-state index contributed by atoms with van der Waals surface area (Å²) in [6.07, 6.45) is 3.40. The second-order valence-electron chi connectivity index (χ2n) is 6.05. The Bertz CT molecular complexity index is 691. The van der Waals surface area contributed by atoms with Crippen LogP contribution in [0.1, 0.15) is 23.7 Å². The predicted octanol–water partition coefficient (Wildman–Crippen LogP) is 3.13. The van der Waals surface area contributed by atoms with Crippen LogP contribution in [0.4, 0.5) is 11.4 Å². The van der Waals surface area contributed by atoms with E-state index in [9.17, 15) is 5.11 Å². The molecule has 0 spiro atoms. The van der Waals surface area contributed by atoms with E-state index in [0.717, 1.165) is 24.2 Å². The molecule has 0 fully saturated rings. The standard InChI is InChI=1S/C19H23N2O/c1-20(2)12-7-13-21-17-10-5-3-8-15(17)14-19(22)16-9-4-6-11-18(16)21/h3-6,8-11,13,19,22H,7,12,14H2,1-2H3/q+1. The van der Waals surface area contributed by atoms with Crippen LogP contribution in [0, 0.1) is 0 Å². The van der Waals surface area contributed by atoms with Gasteiger partial charge in [0.05, 0.1) is 11.7 Å². The fourth-order valence-electron chi connectivity index (χ4n) is 3.00. The Balaban J connectivity index is 2.11. The molecule has 2 aromatic rings. The van der Waals surface area contributed by atoms with Gasteiger partial charge in [0, 0.05) is 37.1 Å². The highest BCUT2D eigenvalue weighted by atomic mass is 16.3. The van der Waals surface area contributed by atoms with Crippen LogP contribution in [-0.2, 0) is 6.42 Å². The van der Waals surface area contributed by atoms with Crippen molar-refractivity contribution in [3.05, 3.63) is 59.7 Å². The summed E-state index contributed by atoms with van der Waals surface area (Å²) in [6.45, 7) is 1.00. The largest absolute Gasteiger partial charge is 0.388 e. The summed E-state index contributed by atoms with van der Waals surface area (Å²) in [7, 11) is 4.17. The topological polar surface area (TPSA) is 26.5 Å². The maximum Gasteiger partial charge on any atom is 0.216 e. The fraction of sp³-hybridized carbons (Fsp3) is 0.316. The maximum absolute atomic E-state index is 10.6. The normalized spacial score (nSPS) is 18.9. The minimum atomic E-state index is -0.454. The number of para-hydroxylation sites is 2. The van der Waals surface area contributed by atoms with Gasteiger partial charge in [-0.1, -0.05) is 30.3 Å². The Hall–Kier alpha value is -1.97. The molecule has 0 saturated heterocycles. The lowest BCUT2D eigenvalue weighted by Crippen LogP contribution is -2.16. The molecule has 0 aromatic heterocycles. The first-order chi connectivity index (χ1) is 10.7. The molecule has 1 atom stereocenters. The molecule has 0 saturated carbocycles. The number of nitrogens with zero attached hydrogens (tertiary/aromatic N) is 2. The van der Waals surface area contributed by atoms with Gasteiger partial charge < -0.3 is 10.0 Å². The van der Waals surface area contributed by atoms with Crippen molar-refractivity contribution in [2.45, 2.75) is 18.9 Å². The van der Waals surface area contributed by atoms with Crippen molar-refractivity contribution >= 4 is 17.6 Å². The van der Waals surface area contributed by atoms with Gasteiger partial charge in [0.15, 0.2) is 6.21 Å². The average Bonchev–Trinajstić information content (AvgIpc) is 2.63. The summed E-state index contributed by atoms with van der Waals surface area (Å²) in [6, 6.07) is 16.5. The Labute approximate surface area is 132 Å². The van der Waals surface area contributed by atoms with Gasteiger partial charge in [0.1, 0.15) is 0 Å². The molecule has 1 heterocycles. The zero-order valence-electron chi connectivity index (χ0n) is 13.2. The van der Waals surface area contributed by atoms with Crippen LogP contribution in [0.3, 0.4) is 0 Å². The number of fused-ring (bicyclic) bond motifs is 2. The van der Waals surface area contributed by atoms with Crippen LogP contribution < -0.4 is 4.58 Å². The molecule has 0 aliphatic carbocycles. The van der Waals surface area contributed by atoms with Gasteiger partial charge in [-0.3, -0.25) is 0 Å². The van der Waals surface area contributed by atoms with E-state index in [-0.39, 0.29) is 0 Å². The summed E-state index contributed by atoms with van der Waals surface area (Å²) in [5.41, 5.74) is 4.44. The van der Waals surface area contributed by atoms with Gasteiger partial charge in [-0.15, -0.1) is 0 Å². The van der Waals surface area contributed by atoms with Crippen LogP contribution in [-0.4, -0.2) is 36.9 Å². The molecule has 0 amide bonds. The summed E-state index contributed by atoms with van der Waals surface area (Å²) in [5.74, 6) is 0. The lowest BCUT2D eigenvalue weighted by atomic mass is 10.0. The second-order valence-corrected chi connectivity index (χ2v) is 6.05. The molecule has 0 bridgehead atoms. The molecule has 114 valence electrons. The number of hydrogen-bond acceptors (Lipinski definition) is 2. The van der Waals surface area contributed by atoms with Crippen molar-refractivity contribution in [2.24, 2.45) is 0 Å². The van der Waals surface area contributed by atoms with Crippen molar-refractivity contribution in [3.63, 3.8) is 0 Å². The number of aliphatic hydroxyl groups is 1. The summed E-state index contributed by atoms with van der Waals surface area (Å²) >= 11 is 0. The number of rotatable bonds is 3. The fourth-order valence-corrected chi connectivity index (χ4v) is 3.00. The molecule has 3 heteroatoms. The van der Waals surface area contributed by atoms with Crippen LogP contribution in [0.15, 0.2) is 48.5 Å². The van der Waals surface area contributed by atoms with Crippen LogP contribution in [0.25, 0.3) is 0 Å². The Kier molecular flexibility index (Phi) is 4.36. The Morgan fingerprint density at radius 1 is 1.09 bits per heavy atom. The van der Waals surface area contributed by atoms with Gasteiger partial charge in [-0.25, -0.2) is 0 Å². The van der Waals surface area contributed by atoms with Crippen molar-refractivity contribution in [1.82, 2.24) is 9.48 Å². The molecular formula is C19H23N2O+. The van der Waals surface area contributed by atoms with Gasteiger partial charge in [-0.2, -0.15) is 4.58 Å².